The van der Waals surface area contributed by atoms with E-state index in [2.05, 4.69) is 29.4 Å². The Balaban J connectivity index is 0.00000576. The molecule has 0 aromatic rings. The number of nitrogens with zero attached hydrogens (tertiary/aromatic N) is 1. The molecule has 1 aliphatic rings. The van der Waals surface area contributed by atoms with Gasteiger partial charge in [-0.05, 0) is 25.4 Å². The van der Waals surface area contributed by atoms with Gasteiger partial charge in [0.15, 0.2) is 12.2 Å². The standard InChI is InChI=1S/C16H29N3O5.Na.H/c1-5-19(6-2)8-7-17-14(20)11(9-10(3)4)18-15(21)12-13(24-12)16(22)23;;/h10-13H,5-9H2,1-4H3,(H,17,20)(H,18,21)(H,22,23);;/t11-,12-,13-;;/m0../s1. The van der Waals surface area contributed by atoms with Gasteiger partial charge in [0, 0.05) is 13.1 Å². The minimum atomic E-state index is -1.17. The van der Waals surface area contributed by atoms with E-state index < -0.39 is 30.1 Å². The first-order chi connectivity index (χ1) is 11.3. The molecule has 0 bridgehead atoms. The van der Waals surface area contributed by atoms with Crippen molar-refractivity contribution in [3.63, 3.8) is 0 Å². The van der Waals surface area contributed by atoms with E-state index >= 15 is 0 Å². The van der Waals surface area contributed by atoms with Crippen molar-refractivity contribution in [2.75, 3.05) is 26.2 Å². The monoisotopic (exact) mass is 367 g/mol. The maximum absolute atomic E-state index is 12.3. The van der Waals surface area contributed by atoms with Gasteiger partial charge in [-0.15, -0.1) is 0 Å². The molecule has 0 unspecified atom stereocenters. The van der Waals surface area contributed by atoms with Gasteiger partial charge >= 0.3 is 35.5 Å². The molecular formula is C16H30N3NaO5. The van der Waals surface area contributed by atoms with Crippen LogP contribution in [0.25, 0.3) is 0 Å². The Morgan fingerprint density at radius 1 is 1.16 bits per heavy atom. The molecule has 1 fully saturated rings. The Morgan fingerprint density at radius 3 is 2.20 bits per heavy atom. The van der Waals surface area contributed by atoms with Crippen LogP contribution >= 0.6 is 0 Å². The number of aliphatic carboxylic acids is 1. The van der Waals surface area contributed by atoms with Crippen molar-refractivity contribution in [3.8, 4) is 0 Å². The zero-order valence-electron chi connectivity index (χ0n) is 14.9. The SMILES string of the molecule is CCN(CC)CCNC(=O)[C@H](CC(C)C)NC(=O)[C@H]1O[C@@H]1C(=O)O.[NaH]. The molecule has 1 heterocycles. The Labute approximate surface area is 171 Å². The molecule has 9 heteroatoms. The van der Waals surface area contributed by atoms with E-state index in [1.807, 2.05) is 13.8 Å². The fourth-order valence-corrected chi connectivity index (χ4v) is 2.46. The Hall–Kier alpha value is -0.670. The first-order valence-electron chi connectivity index (χ1n) is 8.48. The molecule has 8 nitrogen and oxygen atoms in total. The van der Waals surface area contributed by atoms with Gasteiger partial charge < -0.3 is 25.4 Å². The van der Waals surface area contributed by atoms with Crippen molar-refractivity contribution in [1.82, 2.24) is 15.5 Å². The van der Waals surface area contributed by atoms with E-state index in [1.165, 1.54) is 0 Å². The summed E-state index contributed by atoms with van der Waals surface area (Å²) in [5, 5.41) is 14.2. The summed E-state index contributed by atoms with van der Waals surface area (Å²) in [4.78, 5) is 37.3. The minimum absolute atomic E-state index is 0. The van der Waals surface area contributed by atoms with E-state index in [0.717, 1.165) is 19.6 Å². The van der Waals surface area contributed by atoms with Gasteiger partial charge in [0.05, 0.1) is 0 Å². The third-order valence-corrected chi connectivity index (χ3v) is 3.96. The summed E-state index contributed by atoms with van der Waals surface area (Å²) in [6.07, 6.45) is -1.62. The van der Waals surface area contributed by atoms with Crippen molar-refractivity contribution >= 4 is 47.3 Å². The number of hydrogen-bond acceptors (Lipinski definition) is 5. The number of nitrogens with one attached hydrogen (secondary N) is 2. The van der Waals surface area contributed by atoms with E-state index in [0.29, 0.717) is 13.0 Å². The van der Waals surface area contributed by atoms with Gasteiger partial charge in [-0.2, -0.15) is 0 Å². The quantitative estimate of drug-likeness (QED) is 0.325. The zero-order valence-corrected chi connectivity index (χ0v) is 14.9. The Morgan fingerprint density at radius 2 is 1.76 bits per heavy atom. The number of carbonyl (C=O) groups is 3. The van der Waals surface area contributed by atoms with Crippen molar-refractivity contribution in [1.29, 1.82) is 0 Å². The molecule has 0 aliphatic carbocycles. The second-order valence-electron chi connectivity index (χ2n) is 6.32. The van der Waals surface area contributed by atoms with Crippen LogP contribution in [0.3, 0.4) is 0 Å². The number of carbonyl (C=O) groups excluding carboxylic acids is 2. The van der Waals surface area contributed by atoms with Crippen LogP contribution in [0.1, 0.15) is 34.1 Å². The van der Waals surface area contributed by atoms with Gasteiger partial charge in [0.2, 0.25) is 5.91 Å². The molecule has 1 rings (SSSR count). The predicted octanol–water partition coefficient (Wildman–Crippen LogP) is -0.821. The predicted molar refractivity (Wildman–Crippen MR) is 95.6 cm³/mol. The number of amides is 2. The Bertz CT molecular complexity index is 457. The van der Waals surface area contributed by atoms with E-state index in [9.17, 15) is 14.4 Å². The summed E-state index contributed by atoms with van der Waals surface area (Å²) in [5.74, 6) is -1.76. The van der Waals surface area contributed by atoms with Crippen LogP contribution in [0, 0.1) is 5.92 Å². The van der Waals surface area contributed by atoms with Crippen molar-refractivity contribution in [2.24, 2.45) is 5.92 Å². The summed E-state index contributed by atoms with van der Waals surface area (Å²) in [5.41, 5.74) is 0. The third kappa shape index (κ3) is 8.50. The van der Waals surface area contributed by atoms with Crippen LogP contribution in [-0.2, 0) is 19.1 Å². The van der Waals surface area contributed by atoms with Gasteiger partial charge in [0.25, 0.3) is 5.91 Å². The molecular weight excluding hydrogens is 337 g/mol. The average molecular weight is 367 g/mol. The Kier molecular flexibility index (Phi) is 11.5. The molecule has 3 N–H and O–H groups in total. The van der Waals surface area contributed by atoms with Gasteiger partial charge in [-0.1, -0.05) is 27.7 Å². The van der Waals surface area contributed by atoms with Gasteiger partial charge in [-0.3, -0.25) is 9.59 Å². The maximum atomic E-state index is 12.3. The second kappa shape index (κ2) is 11.9. The number of ether oxygens (including phenoxy) is 1. The first-order valence-corrected chi connectivity index (χ1v) is 8.48. The molecule has 0 aromatic heterocycles. The number of hydrogen-bond donors (Lipinski definition) is 3. The summed E-state index contributed by atoms with van der Waals surface area (Å²) in [7, 11) is 0. The second-order valence-corrected chi connectivity index (χ2v) is 6.32. The summed E-state index contributed by atoms with van der Waals surface area (Å²) < 4.78 is 4.82. The van der Waals surface area contributed by atoms with Crippen LogP contribution in [0.2, 0.25) is 0 Å². The molecule has 0 aromatic carbocycles. The normalized spacial score (nSPS) is 19.9. The molecule has 1 aliphatic heterocycles. The summed E-state index contributed by atoms with van der Waals surface area (Å²) in [6.45, 7) is 11.1. The fraction of sp³-hybridized carbons (Fsp3) is 0.812. The number of rotatable bonds is 11. The van der Waals surface area contributed by atoms with E-state index in [-0.39, 0.29) is 41.4 Å². The third-order valence-electron chi connectivity index (χ3n) is 3.96. The van der Waals surface area contributed by atoms with Gasteiger partial charge in [-0.25, -0.2) is 4.79 Å². The first kappa shape index (κ1) is 24.3. The van der Waals surface area contributed by atoms with Crippen LogP contribution < -0.4 is 10.6 Å². The molecule has 140 valence electrons. The van der Waals surface area contributed by atoms with Gasteiger partial charge in [0.1, 0.15) is 6.04 Å². The van der Waals surface area contributed by atoms with Crippen LogP contribution in [0.4, 0.5) is 0 Å². The van der Waals surface area contributed by atoms with Crippen LogP contribution in [0.5, 0.6) is 0 Å². The topological polar surface area (TPSA) is 111 Å². The molecule has 3 atom stereocenters. The number of carboxylic acids is 1. The molecule has 2 amide bonds. The number of carboxylic acid groups (broad SMARTS) is 1. The average Bonchev–Trinajstić information content (AvgIpc) is 3.31. The van der Waals surface area contributed by atoms with Crippen LogP contribution in [-0.4, -0.2) is 102 Å². The van der Waals surface area contributed by atoms with Crippen molar-refractivity contribution in [3.05, 3.63) is 0 Å². The fourth-order valence-electron chi connectivity index (χ4n) is 2.46. The molecule has 0 saturated carbocycles. The summed E-state index contributed by atoms with van der Waals surface area (Å²) >= 11 is 0. The molecule has 0 spiro atoms. The number of epoxide rings is 1. The molecule has 0 radical (unpaired) electrons. The van der Waals surface area contributed by atoms with Crippen molar-refractivity contribution < 1.29 is 24.2 Å². The number of likely N-dealkylation sites (N-methyl/N-ethyl adjacent to an activating group) is 1. The zero-order chi connectivity index (χ0) is 18.3. The van der Waals surface area contributed by atoms with Crippen molar-refractivity contribution in [2.45, 2.75) is 52.4 Å². The van der Waals surface area contributed by atoms with E-state index in [1.54, 1.807) is 0 Å². The molecule has 25 heavy (non-hydrogen) atoms. The van der Waals surface area contributed by atoms with E-state index in [4.69, 9.17) is 9.84 Å². The summed E-state index contributed by atoms with van der Waals surface area (Å²) in [6, 6.07) is -0.687. The van der Waals surface area contributed by atoms with Crippen LogP contribution in [0.15, 0.2) is 0 Å². The molecule has 1 saturated heterocycles.